The molecule has 0 radical (unpaired) electrons. The highest BCUT2D eigenvalue weighted by atomic mass is 32.1. The molecule has 0 unspecified atom stereocenters. The first-order valence-corrected chi connectivity index (χ1v) is 7.63. The molecule has 0 atom stereocenters. The summed E-state index contributed by atoms with van der Waals surface area (Å²) < 4.78 is 5.41. The zero-order valence-electron chi connectivity index (χ0n) is 11.6. The van der Waals surface area contributed by atoms with Crippen molar-refractivity contribution >= 4 is 34.3 Å². The van der Waals surface area contributed by atoms with E-state index < -0.39 is 5.91 Å². The zero-order chi connectivity index (χ0) is 15.6. The largest absolute Gasteiger partial charge is 0.403 e. The molecule has 0 aliphatic rings. The number of carbonyl (C=O) groups excluding carboxylic acids is 1. The molecule has 0 saturated heterocycles. The van der Waals surface area contributed by atoms with Gasteiger partial charge < -0.3 is 4.42 Å². The average molecular weight is 323 g/mol. The van der Waals surface area contributed by atoms with Crippen LogP contribution in [0.2, 0.25) is 0 Å². The molecule has 23 heavy (non-hydrogen) atoms. The van der Waals surface area contributed by atoms with Crippen LogP contribution in [-0.2, 0) is 0 Å². The molecule has 1 aromatic carbocycles. The summed E-state index contributed by atoms with van der Waals surface area (Å²) in [7, 11) is 0. The number of carbonyl (C=O) groups is 1. The lowest BCUT2D eigenvalue weighted by atomic mass is 10.3. The maximum absolute atomic E-state index is 12.2. The molecule has 3 aromatic heterocycles. The van der Waals surface area contributed by atoms with Crippen molar-refractivity contribution < 1.29 is 9.21 Å². The van der Waals surface area contributed by atoms with Crippen molar-refractivity contribution in [1.29, 1.82) is 0 Å². The maximum Gasteiger partial charge on any atom is 0.322 e. The first-order chi connectivity index (χ1) is 11.3. The molecule has 8 heteroatoms. The van der Waals surface area contributed by atoms with Crippen LogP contribution in [0.4, 0.5) is 6.01 Å². The predicted octanol–water partition coefficient (Wildman–Crippen LogP) is 2.99. The summed E-state index contributed by atoms with van der Waals surface area (Å²) >= 11 is 1.52. The summed E-state index contributed by atoms with van der Waals surface area (Å²) in [6.07, 6.45) is 1.41. The number of hydrogen-bond donors (Lipinski definition) is 1. The highest BCUT2D eigenvalue weighted by Crippen LogP contribution is 2.22. The number of rotatable bonds is 3. The molecule has 0 aliphatic carbocycles. The molecule has 0 bridgehead atoms. The Bertz CT molecular complexity index is 980. The Kier molecular flexibility index (Phi) is 3.28. The van der Waals surface area contributed by atoms with Crippen LogP contribution in [0.25, 0.3) is 22.5 Å². The van der Waals surface area contributed by atoms with Crippen molar-refractivity contribution in [3.8, 4) is 11.5 Å². The van der Waals surface area contributed by atoms with E-state index in [1.807, 2.05) is 35.0 Å². The van der Waals surface area contributed by atoms with Gasteiger partial charge in [0.05, 0.1) is 17.2 Å². The Morgan fingerprint density at radius 1 is 1.13 bits per heavy atom. The minimum Gasteiger partial charge on any atom is -0.403 e. The first kappa shape index (κ1) is 13.5. The molecule has 1 amide bonds. The van der Waals surface area contributed by atoms with Crippen LogP contribution in [0.1, 0.15) is 10.5 Å². The van der Waals surface area contributed by atoms with E-state index >= 15 is 0 Å². The number of aromatic nitrogens is 4. The van der Waals surface area contributed by atoms with E-state index in [-0.39, 0.29) is 11.7 Å². The summed E-state index contributed by atoms with van der Waals surface area (Å²) in [4.78, 5) is 20.7. The highest BCUT2D eigenvalue weighted by molar-refractivity contribution is 7.08. The van der Waals surface area contributed by atoms with Crippen LogP contribution in [0.3, 0.4) is 0 Å². The second-order valence-corrected chi connectivity index (χ2v) is 5.40. The van der Waals surface area contributed by atoms with Crippen molar-refractivity contribution in [2.24, 2.45) is 0 Å². The second kappa shape index (κ2) is 5.58. The third kappa shape index (κ3) is 2.67. The van der Waals surface area contributed by atoms with E-state index in [1.165, 1.54) is 17.5 Å². The van der Waals surface area contributed by atoms with Gasteiger partial charge in [0.15, 0.2) is 0 Å². The number of nitrogens with one attached hydrogen (secondary N) is 1. The fourth-order valence-corrected chi connectivity index (χ4v) is 2.63. The Morgan fingerprint density at radius 3 is 2.83 bits per heavy atom. The summed E-state index contributed by atoms with van der Waals surface area (Å²) in [5, 5.41) is 14.0. The van der Waals surface area contributed by atoms with Gasteiger partial charge in [-0.3, -0.25) is 15.1 Å². The number of para-hydroxylation sites is 2. The smallest absolute Gasteiger partial charge is 0.322 e. The van der Waals surface area contributed by atoms with Crippen molar-refractivity contribution in [3.63, 3.8) is 0 Å². The number of fused-ring (bicyclic) bond motifs is 1. The van der Waals surface area contributed by atoms with Crippen LogP contribution >= 0.6 is 11.3 Å². The quantitative estimate of drug-likeness (QED) is 0.623. The summed E-state index contributed by atoms with van der Waals surface area (Å²) in [5.41, 5.74) is 2.36. The average Bonchev–Trinajstić information content (AvgIpc) is 3.25. The number of thiophene rings is 1. The molecular formula is C15H9N5O2S. The first-order valence-electron chi connectivity index (χ1n) is 6.69. The lowest BCUT2D eigenvalue weighted by molar-refractivity contribution is 0.101. The van der Waals surface area contributed by atoms with E-state index in [0.717, 1.165) is 11.1 Å². The minimum absolute atomic E-state index is 0.0196. The van der Waals surface area contributed by atoms with Crippen LogP contribution < -0.4 is 5.32 Å². The Balaban J connectivity index is 1.57. The molecule has 0 saturated carbocycles. The minimum atomic E-state index is -0.455. The van der Waals surface area contributed by atoms with Crippen molar-refractivity contribution in [2.45, 2.75) is 0 Å². The van der Waals surface area contributed by atoms with E-state index in [9.17, 15) is 4.79 Å². The molecule has 0 aliphatic heterocycles. The van der Waals surface area contributed by atoms with Crippen LogP contribution in [0, 0.1) is 0 Å². The molecule has 0 spiro atoms. The zero-order valence-corrected chi connectivity index (χ0v) is 12.4. The van der Waals surface area contributed by atoms with Gasteiger partial charge in [0.2, 0.25) is 0 Å². The van der Waals surface area contributed by atoms with Crippen LogP contribution in [0.5, 0.6) is 0 Å². The lowest BCUT2D eigenvalue weighted by Gasteiger charge is -2.01. The molecule has 1 N–H and O–H groups in total. The fraction of sp³-hybridized carbons (Fsp3) is 0. The maximum atomic E-state index is 12.2. The number of anilines is 1. The monoisotopic (exact) mass is 323 g/mol. The SMILES string of the molecule is O=C(Nc1nnc(-c2ccsc2)o1)c1cnc2ccccc2n1. The predicted molar refractivity (Wildman–Crippen MR) is 85.1 cm³/mol. The van der Waals surface area contributed by atoms with E-state index in [2.05, 4.69) is 25.5 Å². The lowest BCUT2D eigenvalue weighted by Crippen LogP contribution is -2.14. The van der Waals surface area contributed by atoms with Crippen LogP contribution in [0.15, 0.2) is 51.7 Å². The summed E-state index contributed by atoms with van der Waals surface area (Å²) in [5.74, 6) is -0.102. The third-order valence-electron chi connectivity index (χ3n) is 3.09. The number of nitrogens with zero attached hydrogens (tertiary/aromatic N) is 4. The molecule has 0 fully saturated rings. The van der Waals surface area contributed by atoms with E-state index in [1.54, 1.807) is 6.07 Å². The Hall–Kier alpha value is -3.13. The van der Waals surface area contributed by atoms with Crippen molar-refractivity contribution in [3.05, 3.63) is 53.0 Å². The standard InChI is InChI=1S/C15H9N5O2S/c21-13(12-7-16-10-3-1-2-4-11(10)17-12)18-15-20-19-14(22-15)9-5-6-23-8-9/h1-8H,(H,18,20,21). The molecule has 112 valence electrons. The van der Waals surface area contributed by atoms with Gasteiger partial charge in [0.1, 0.15) is 5.69 Å². The molecule has 7 nitrogen and oxygen atoms in total. The van der Waals surface area contributed by atoms with Gasteiger partial charge in [-0.1, -0.05) is 17.2 Å². The Morgan fingerprint density at radius 2 is 2.00 bits per heavy atom. The molecule has 4 rings (SSSR count). The van der Waals surface area contributed by atoms with Gasteiger partial charge in [-0.15, -0.1) is 5.10 Å². The van der Waals surface area contributed by atoms with Crippen molar-refractivity contribution in [2.75, 3.05) is 5.32 Å². The van der Waals surface area contributed by atoms with Crippen molar-refractivity contribution in [1.82, 2.24) is 20.2 Å². The van der Waals surface area contributed by atoms with Crippen LogP contribution in [-0.4, -0.2) is 26.1 Å². The summed E-state index contributed by atoms with van der Waals surface area (Å²) in [6.45, 7) is 0. The van der Waals surface area contributed by atoms with Gasteiger partial charge in [-0.25, -0.2) is 4.98 Å². The van der Waals surface area contributed by atoms with Gasteiger partial charge in [-0.2, -0.15) is 11.3 Å². The molecular weight excluding hydrogens is 314 g/mol. The Labute approximate surface area is 134 Å². The highest BCUT2D eigenvalue weighted by Gasteiger charge is 2.14. The van der Waals surface area contributed by atoms with Gasteiger partial charge >= 0.3 is 6.01 Å². The molecule has 4 aromatic rings. The number of amides is 1. The van der Waals surface area contributed by atoms with Gasteiger partial charge in [-0.05, 0) is 23.6 Å². The second-order valence-electron chi connectivity index (χ2n) is 4.62. The summed E-state index contributed by atoms with van der Waals surface area (Å²) in [6, 6.07) is 9.20. The fourth-order valence-electron chi connectivity index (χ4n) is 2.00. The van der Waals surface area contributed by atoms with E-state index in [4.69, 9.17) is 4.42 Å². The van der Waals surface area contributed by atoms with Gasteiger partial charge in [0.25, 0.3) is 11.8 Å². The van der Waals surface area contributed by atoms with E-state index in [0.29, 0.717) is 11.4 Å². The number of hydrogen-bond acceptors (Lipinski definition) is 7. The molecule has 3 heterocycles. The normalized spacial score (nSPS) is 10.8. The van der Waals surface area contributed by atoms with Gasteiger partial charge in [0, 0.05) is 10.9 Å². The third-order valence-corrected chi connectivity index (χ3v) is 3.78. The topological polar surface area (TPSA) is 93.8 Å². The number of benzene rings is 1.